The van der Waals surface area contributed by atoms with E-state index in [2.05, 4.69) is 5.32 Å². The van der Waals surface area contributed by atoms with Crippen molar-refractivity contribution in [2.45, 2.75) is 32.7 Å². The number of benzene rings is 1. The van der Waals surface area contributed by atoms with E-state index in [-0.39, 0.29) is 23.9 Å². The van der Waals surface area contributed by atoms with Crippen molar-refractivity contribution in [3.8, 4) is 0 Å². The maximum atomic E-state index is 12.6. The van der Waals surface area contributed by atoms with E-state index in [1.165, 1.54) is 0 Å². The summed E-state index contributed by atoms with van der Waals surface area (Å²) in [6, 6.07) is 5.13. The maximum Gasteiger partial charge on any atom is 0.263 e. The van der Waals surface area contributed by atoms with Crippen molar-refractivity contribution in [1.82, 2.24) is 5.32 Å². The van der Waals surface area contributed by atoms with Crippen LogP contribution in [0.4, 0.5) is 8.78 Å². The summed E-state index contributed by atoms with van der Waals surface area (Å²) in [5.41, 5.74) is 2.00. The molecule has 0 aliphatic carbocycles. The number of halogens is 3. The Labute approximate surface area is 102 Å². The SMILES string of the molecule is CNCc1cc(C(C)C)cc(C(F)F)c1.Cl. The summed E-state index contributed by atoms with van der Waals surface area (Å²) in [7, 11) is 1.81. The highest BCUT2D eigenvalue weighted by Gasteiger charge is 2.11. The standard InChI is InChI=1S/C12H17F2N.ClH/c1-8(2)10-4-9(7-15-3)5-11(6-10)12(13)14;/h4-6,8,12,15H,7H2,1-3H3;1H. The lowest BCUT2D eigenvalue weighted by Gasteiger charge is -2.11. The van der Waals surface area contributed by atoms with Crippen LogP contribution in [0.2, 0.25) is 0 Å². The summed E-state index contributed by atoms with van der Waals surface area (Å²) in [6.07, 6.45) is -2.39. The second-order valence-corrected chi connectivity index (χ2v) is 3.99. The van der Waals surface area contributed by atoms with Crippen LogP contribution < -0.4 is 5.32 Å². The van der Waals surface area contributed by atoms with Crippen molar-refractivity contribution >= 4 is 12.4 Å². The first-order valence-corrected chi connectivity index (χ1v) is 5.11. The molecule has 0 radical (unpaired) electrons. The molecule has 4 heteroatoms. The van der Waals surface area contributed by atoms with E-state index >= 15 is 0 Å². The van der Waals surface area contributed by atoms with Gasteiger partial charge in [0.15, 0.2) is 0 Å². The Balaban J connectivity index is 0.00000225. The van der Waals surface area contributed by atoms with E-state index in [1.807, 2.05) is 27.0 Å². The minimum Gasteiger partial charge on any atom is -0.316 e. The molecule has 0 saturated heterocycles. The second kappa shape index (κ2) is 6.81. The quantitative estimate of drug-likeness (QED) is 0.854. The Bertz CT molecular complexity index is 301. The van der Waals surface area contributed by atoms with Gasteiger partial charge in [0.25, 0.3) is 6.43 Å². The van der Waals surface area contributed by atoms with Crippen molar-refractivity contribution < 1.29 is 8.78 Å². The summed E-state index contributed by atoms with van der Waals surface area (Å²) in [5.74, 6) is 0.277. The summed E-state index contributed by atoms with van der Waals surface area (Å²) >= 11 is 0. The molecule has 0 amide bonds. The van der Waals surface area contributed by atoms with Gasteiger partial charge in [0.1, 0.15) is 0 Å². The second-order valence-electron chi connectivity index (χ2n) is 3.99. The van der Waals surface area contributed by atoms with Crippen LogP contribution in [0.3, 0.4) is 0 Å². The first-order valence-electron chi connectivity index (χ1n) is 5.11. The zero-order chi connectivity index (χ0) is 11.4. The molecule has 0 spiro atoms. The molecule has 16 heavy (non-hydrogen) atoms. The Morgan fingerprint density at radius 1 is 1.12 bits per heavy atom. The smallest absolute Gasteiger partial charge is 0.263 e. The average molecular weight is 250 g/mol. The lowest BCUT2D eigenvalue weighted by molar-refractivity contribution is 0.151. The van der Waals surface area contributed by atoms with Crippen molar-refractivity contribution in [3.63, 3.8) is 0 Å². The number of rotatable bonds is 4. The highest BCUT2D eigenvalue weighted by atomic mass is 35.5. The molecule has 1 aromatic rings. The average Bonchev–Trinajstić information content (AvgIpc) is 2.17. The van der Waals surface area contributed by atoms with Crippen LogP contribution in [0.1, 0.15) is 42.9 Å². The zero-order valence-electron chi connectivity index (χ0n) is 9.76. The molecule has 0 unspecified atom stereocenters. The van der Waals surface area contributed by atoms with Crippen molar-refractivity contribution in [2.24, 2.45) is 0 Å². The van der Waals surface area contributed by atoms with Gasteiger partial charge in [0.2, 0.25) is 0 Å². The molecule has 0 saturated carbocycles. The highest BCUT2D eigenvalue weighted by Crippen LogP contribution is 2.25. The zero-order valence-corrected chi connectivity index (χ0v) is 10.6. The normalized spacial score (nSPS) is 10.7. The van der Waals surface area contributed by atoms with Crippen molar-refractivity contribution in [2.75, 3.05) is 7.05 Å². The third-order valence-corrected chi connectivity index (χ3v) is 2.34. The van der Waals surface area contributed by atoms with Crippen LogP contribution in [0.15, 0.2) is 18.2 Å². The Kier molecular flexibility index (Phi) is 6.53. The third-order valence-electron chi connectivity index (χ3n) is 2.34. The van der Waals surface area contributed by atoms with E-state index in [9.17, 15) is 8.78 Å². The molecule has 1 nitrogen and oxygen atoms in total. The van der Waals surface area contributed by atoms with Gasteiger partial charge in [-0.05, 0) is 36.2 Å². The molecule has 0 aliphatic heterocycles. The van der Waals surface area contributed by atoms with Gasteiger partial charge in [-0.25, -0.2) is 8.78 Å². The topological polar surface area (TPSA) is 12.0 Å². The van der Waals surface area contributed by atoms with Crippen LogP contribution in [-0.4, -0.2) is 7.05 Å². The van der Waals surface area contributed by atoms with E-state index in [0.29, 0.717) is 6.54 Å². The third kappa shape index (κ3) is 4.06. The maximum absolute atomic E-state index is 12.6. The van der Waals surface area contributed by atoms with Gasteiger partial charge in [-0.1, -0.05) is 19.9 Å². The van der Waals surface area contributed by atoms with Gasteiger partial charge in [0, 0.05) is 12.1 Å². The fourth-order valence-electron chi connectivity index (χ4n) is 1.51. The Morgan fingerprint density at radius 3 is 2.12 bits per heavy atom. The number of hydrogen-bond acceptors (Lipinski definition) is 1. The van der Waals surface area contributed by atoms with Crippen LogP contribution in [0.25, 0.3) is 0 Å². The molecule has 0 fully saturated rings. The summed E-state index contributed by atoms with van der Waals surface area (Å²) < 4.78 is 25.2. The lowest BCUT2D eigenvalue weighted by Crippen LogP contribution is -2.06. The molecule has 0 aliphatic rings. The van der Waals surface area contributed by atoms with Gasteiger partial charge in [-0.2, -0.15) is 0 Å². The number of alkyl halides is 2. The van der Waals surface area contributed by atoms with Gasteiger partial charge in [0.05, 0.1) is 0 Å². The number of nitrogens with one attached hydrogen (secondary N) is 1. The summed E-state index contributed by atoms with van der Waals surface area (Å²) in [5, 5.41) is 2.97. The van der Waals surface area contributed by atoms with Crippen molar-refractivity contribution in [3.05, 3.63) is 34.9 Å². The predicted molar refractivity (Wildman–Crippen MR) is 65.5 cm³/mol. The molecule has 1 N–H and O–H groups in total. The molecule has 0 atom stereocenters. The van der Waals surface area contributed by atoms with Crippen LogP contribution in [0.5, 0.6) is 0 Å². The largest absolute Gasteiger partial charge is 0.316 e. The lowest BCUT2D eigenvalue weighted by atomic mass is 9.98. The minimum atomic E-state index is -2.39. The Hall–Kier alpha value is -0.670. The fraction of sp³-hybridized carbons (Fsp3) is 0.500. The first-order chi connectivity index (χ1) is 7.04. The van der Waals surface area contributed by atoms with Crippen LogP contribution in [-0.2, 0) is 6.54 Å². The van der Waals surface area contributed by atoms with Gasteiger partial charge < -0.3 is 5.32 Å². The monoisotopic (exact) mass is 249 g/mol. The first kappa shape index (κ1) is 15.3. The number of hydrogen-bond donors (Lipinski definition) is 1. The minimum absolute atomic E-state index is 0. The molecular formula is C12H18ClF2N. The molecule has 0 aromatic heterocycles. The van der Waals surface area contributed by atoms with Crippen LogP contribution >= 0.6 is 12.4 Å². The molecule has 92 valence electrons. The van der Waals surface area contributed by atoms with Crippen molar-refractivity contribution in [1.29, 1.82) is 0 Å². The van der Waals surface area contributed by atoms with Gasteiger partial charge in [-0.15, -0.1) is 12.4 Å². The molecule has 1 rings (SSSR count). The van der Waals surface area contributed by atoms with Gasteiger partial charge in [-0.3, -0.25) is 0 Å². The van der Waals surface area contributed by atoms with E-state index in [0.717, 1.165) is 11.1 Å². The molecule has 1 aromatic carbocycles. The van der Waals surface area contributed by atoms with Crippen LogP contribution in [0, 0.1) is 0 Å². The van der Waals surface area contributed by atoms with E-state index in [1.54, 1.807) is 12.1 Å². The van der Waals surface area contributed by atoms with E-state index < -0.39 is 6.43 Å². The van der Waals surface area contributed by atoms with E-state index in [4.69, 9.17) is 0 Å². The summed E-state index contributed by atoms with van der Waals surface area (Å²) in [4.78, 5) is 0. The molecular weight excluding hydrogens is 232 g/mol. The Morgan fingerprint density at radius 2 is 1.69 bits per heavy atom. The predicted octanol–water partition coefficient (Wildman–Crippen LogP) is 3.89. The van der Waals surface area contributed by atoms with Gasteiger partial charge >= 0.3 is 0 Å². The molecule has 0 bridgehead atoms. The highest BCUT2D eigenvalue weighted by molar-refractivity contribution is 5.85. The summed E-state index contributed by atoms with van der Waals surface area (Å²) in [6.45, 7) is 4.64. The molecule has 0 heterocycles. The fourth-order valence-corrected chi connectivity index (χ4v) is 1.51.